The fraction of sp³-hybridized carbons (Fsp3) is 0.690. The number of hydrogen-bond acceptors (Lipinski definition) is 5. The van der Waals surface area contributed by atoms with Gasteiger partial charge in [-0.1, -0.05) is 63.6 Å². The average molecular weight is 485 g/mol. The number of anilines is 1. The Balaban J connectivity index is 0.000000302. The average Bonchev–Trinajstić information content (AvgIpc) is 3.63. The second kappa shape index (κ2) is 15.7. The molecule has 1 aromatic heterocycles. The molecule has 0 aliphatic heterocycles. The van der Waals surface area contributed by atoms with Crippen LogP contribution >= 0.6 is 0 Å². The number of nitrogens with one attached hydrogen (secondary N) is 1. The summed E-state index contributed by atoms with van der Waals surface area (Å²) < 4.78 is 2.30. The Hall–Kier alpha value is -2.21. The van der Waals surface area contributed by atoms with Crippen LogP contribution in [0, 0.1) is 19.8 Å². The number of aliphatic hydroxyl groups excluding tert-OH is 1. The quantitative estimate of drug-likeness (QED) is 0.374. The minimum atomic E-state index is 0.00836. The van der Waals surface area contributed by atoms with Gasteiger partial charge in [0.25, 0.3) is 0 Å². The van der Waals surface area contributed by atoms with Crippen LogP contribution in [-0.2, 0) is 11.2 Å². The molecule has 1 aromatic carbocycles. The lowest BCUT2D eigenvalue weighted by Crippen LogP contribution is -2.14. The van der Waals surface area contributed by atoms with E-state index in [1.54, 1.807) is 0 Å². The summed E-state index contributed by atoms with van der Waals surface area (Å²) >= 11 is 0. The normalized spacial score (nSPS) is 16.4. The van der Waals surface area contributed by atoms with E-state index in [2.05, 4.69) is 52.1 Å². The SMILES string of the molecule is CC.CNc1ccc(C)cc1C.O=CC[C@H](CCO)c1nnc(CCC2CCCCC2)n1C1CC1. The van der Waals surface area contributed by atoms with E-state index in [-0.39, 0.29) is 12.5 Å². The molecule has 0 bridgehead atoms. The molecule has 1 heterocycles. The van der Waals surface area contributed by atoms with E-state index >= 15 is 0 Å². The van der Waals surface area contributed by atoms with E-state index in [1.807, 2.05) is 20.9 Å². The van der Waals surface area contributed by atoms with Crippen LogP contribution in [0.5, 0.6) is 0 Å². The van der Waals surface area contributed by atoms with Crippen molar-refractivity contribution in [3.05, 3.63) is 41.0 Å². The lowest BCUT2D eigenvalue weighted by atomic mass is 9.86. The largest absolute Gasteiger partial charge is 0.396 e. The van der Waals surface area contributed by atoms with Crippen molar-refractivity contribution >= 4 is 12.0 Å². The number of carbonyl (C=O) groups is 1. The fourth-order valence-electron chi connectivity index (χ4n) is 5.04. The molecule has 2 N–H and O–H groups in total. The van der Waals surface area contributed by atoms with E-state index in [1.165, 1.54) is 68.2 Å². The lowest BCUT2D eigenvalue weighted by Gasteiger charge is -2.21. The summed E-state index contributed by atoms with van der Waals surface area (Å²) in [4.78, 5) is 11.0. The zero-order valence-corrected chi connectivity index (χ0v) is 22.7. The highest BCUT2D eigenvalue weighted by molar-refractivity contribution is 5.51. The second-order valence-electron chi connectivity index (χ2n) is 9.80. The number of benzene rings is 1. The number of aromatic nitrogens is 3. The van der Waals surface area contributed by atoms with Gasteiger partial charge in [-0.2, -0.15) is 0 Å². The van der Waals surface area contributed by atoms with Crippen LogP contribution in [0.2, 0.25) is 0 Å². The Morgan fingerprint density at radius 1 is 1.11 bits per heavy atom. The van der Waals surface area contributed by atoms with Crippen molar-refractivity contribution in [3.8, 4) is 0 Å². The van der Waals surface area contributed by atoms with Crippen molar-refractivity contribution < 1.29 is 9.90 Å². The highest BCUT2D eigenvalue weighted by Crippen LogP contribution is 2.39. The van der Waals surface area contributed by atoms with Crippen LogP contribution in [0.15, 0.2) is 18.2 Å². The van der Waals surface area contributed by atoms with Gasteiger partial charge < -0.3 is 19.8 Å². The second-order valence-corrected chi connectivity index (χ2v) is 9.80. The van der Waals surface area contributed by atoms with Crippen molar-refractivity contribution in [1.29, 1.82) is 0 Å². The third-order valence-corrected chi connectivity index (χ3v) is 7.08. The molecule has 4 rings (SSSR count). The molecule has 6 nitrogen and oxygen atoms in total. The van der Waals surface area contributed by atoms with Crippen LogP contribution < -0.4 is 5.32 Å². The maximum Gasteiger partial charge on any atom is 0.136 e. The number of carbonyl (C=O) groups excluding carboxylic acids is 1. The number of hydrogen-bond donors (Lipinski definition) is 2. The summed E-state index contributed by atoms with van der Waals surface area (Å²) in [5.74, 6) is 2.88. The van der Waals surface area contributed by atoms with Gasteiger partial charge in [0.2, 0.25) is 0 Å². The minimum Gasteiger partial charge on any atom is -0.396 e. The summed E-state index contributed by atoms with van der Waals surface area (Å²) in [5.41, 5.74) is 3.84. The summed E-state index contributed by atoms with van der Waals surface area (Å²) in [6.07, 6.45) is 13.4. The molecule has 0 radical (unpaired) electrons. The molecule has 1 atom stereocenters. The molecule has 0 spiro atoms. The van der Waals surface area contributed by atoms with Crippen LogP contribution in [-0.4, -0.2) is 39.8 Å². The van der Waals surface area contributed by atoms with E-state index < -0.39 is 0 Å². The lowest BCUT2D eigenvalue weighted by molar-refractivity contribution is -0.108. The van der Waals surface area contributed by atoms with E-state index in [4.69, 9.17) is 0 Å². The first-order valence-corrected chi connectivity index (χ1v) is 13.8. The Bertz CT molecular complexity index is 870. The monoisotopic (exact) mass is 484 g/mol. The van der Waals surface area contributed by atoms with Gasteiger partial charge in [-0.25, -0.2) is 0 Å². The van der Waals surface area contributed by atoms with Crippen molar-refractivity contribution in [1.82, 2.24) is 14.8 Å². The van der Waals surface area contributed by atoms with Crippen molar-refractivity contribution in [3.63, 3.8) is 0 Å². The van der Waals surface area contributed by atoms with Crippen LogP contribution in [0.4, 0.5) is 5.69 Å². The maximum atomic E-state index is 11.0. The molecule has 2 aliphatic rings. The van der Waals surface area contributed by atoms with E-state index in [0.717, 1.165) is 30.3 Å². The summed E-state index contributed by atoms with van der Waals surface area (Å²) in [7, 11) is 1.94. The van der Waals surface area contributed by atoms with Gasteiger partial charge in [0.15, 0.2) is 0 Å². The van der Waals surface area contributed by atoms with Crippen molar-refractivity contribution in [2.75, 3.05) is 19.0 Å². The number of aryl methyl sites for hydroxylation is 3. The first kappa shape index (κ1) is 29.0. The Morgan fingerprint density at radius 2 is 1.83 bits per heavy atom. The molecule has 0 unspecified atom stereocenters. The van der Waals surface area contributed by atoms with Crippen molar-refractivity contribution in [2.24, 2.45) is 5.92 Å². The van der Waals surface area contributed by atoms with Gasteiger partial charge in [0, 0.05) is 44.1 Å². The Morgan fingerprint density at radius 3 is 2.40 bits per heavy atom. The zero-order valence-electron chi connectivity index (χ0n) is 22.7. The molecular formula is C29H48N4O2. The topological polar surface area (TPSA) is 80.0 Å². The molecule has 0 amide bonds. The molecule has 2 aliphatic carbocycles. The predicted molar refractivity (Wildman–Crippen MR) is 145 cm³/mol. The number of rotatable bonds is 10. The standard InChI is InChI=1S/C18H29N3O2.C9H13N.C2H6/c22-12-10-15(11-13-23)18-20-19-17(21(18)16-7-8-16)9-6-14-4-2-1-3-5-14;1-7-4-5-9(10-3)8(2)6-7;1-2/h12,14-16,23H,1-11,13H2;4-6,10H,1-3H3;1-2H3/t15-;;/m1../s1. The number of aliphatic hydroxyl groups is 1. The third kappa shape index (κ3) is 9.06. The molecule has 35 heavy (non-hydrogen) atoms. The molecule has 196 valence electrons. The molecule has 2 aromatic rings. The fourth-order valence-corrected chi connectivity index (χ4v) is 5.04. The molecule has 2 saturated carbocycles. The van der Waals surface area contributed by atoms with E-state index in [0.29, 0.717) is 18.9 Å². The highest BCUT2D eigenvalue weighted by atomic mass is 16.3. The van der Waals surface area contributed by atoms with Gasteiger partial charge in [-0.05, 0) is 57.1 Å². The zero-order chi connectivity index (χ0) is 25.6. The minimum absolute atomic E-state index is 0.00836. The van der Waals surface area contributed by atoms with Crippen LogP contribution in [0.1, 0.15) is 113 Å². The molecule has 0 saturated heterocycles. The van der Waals surface area contributed by atoms with Crippen LogP contribution in [0.3, 0.4) is 0 Å². The van der Waals surface area contributed by atoms with Gasteiger partial charge in [0.05, 0.1) is 0 Å². The highest BCUT2D eigenvalue weighted by Gasteiger charge is 2.32. The first-order chi connectivity index (χ1) is 17.1. The van der Waals surface area contributed by atoms with Crippen molar-refractivity contribution in [2.45, 2.75) is 110 Å². The Labute approximate surface area is 212 Å². The summed E-state index contributed by atoms with van der Waals surface area (Å²) in [5, 5.41) is 21.3. The summed E-state index contributed by atoms with van der Waals surface area (Å²) in [6, 6.07) is 6.91. The van der Waals surface area contributed by atoms with Crippen LogP contribution in [0.25, 0.3) is 0 Å². The van der Waals surface area contributed by atoms with Gasteiger partial charge in [-0.3, -0.25) is 0 Å². The molecule has 2 fully saturated rings. The smallest absolute Gasteiger partial charge is 0.136 e. The van der Waals surface area contributed by atoms with Gasteiger partial charge in [0.1, 0.15) is 17.9 Å². The third-order valence-electron chi connectivity index (χ3n) is 7.08. The Kier molecular flexibility index (Phi) is 13.0. The molecular weight excluding hydrogens is 436 g/mol. The van der Waals surface area contributed by atoms with E-state index in [9.17, 15) is 9.90 Å². The number of aldehydes is 1. The van der Waals surface area contributed by atoms with Gasteiger partial charge >= 0.3 is 0 Å². The molecule has 6 heteroatoms. The predicted octanol–water partition coefficient (Wildman–Crippen LogP) is 6.55. The summed E-state index contributed by atoms with van der Waals surface area (Å²) in [6.45, 7) is 8.30. The first-order valence-electron chi connectivity index (χ1n) is 13.8. The van der Waals surface area contributed by atoms with Gasteiger partial charge in [-0.15, -0.1) is 10.2 Å². The maximum absolute atomic E-state index is 11.0. The number of nitrogens with zero attached hydrogens (tertiary/aromatic N) is 3.